The first kappa shape index (κ1) is 11.0. The van der Waals surface area contributed by atoms with Crippen LogP contribution in [0.15, 0.2) is 23.1 Å². The molecule has 2 rings (SSSR count). The summed E-state index contributed by atoms with van der Waals surface area (Å²) in [5.41, 5.74) is 7.01. The van der Waals surface area contributed by atoms with E-state index in [4.69, 9.17) is 15.9 Å². The number of ether oxygens (including phenoxy) is 1. The highest BCUT2D eigenvalue weighted by molar-refractivity contribution is 8.01. The van der Waals surface area contributed by atoms with E-state index in [0.717, 1.165) is 10.5 Å². The molecule has 0 aromatic heterocycles. The Labute approximate surface area is 97.7 Å². The average Bonchev–Trinajstić information content (AvgIpc) is 2.71. The fraction of sp³-hybridized carbons (Fsp3) is 0.273. The van der Waals surface area contributed by atoms with Gasteiger partial charge in [0.1, 0.15) is 5.84 Å². The van der Waals surface area contributed by atoms with Crippen molar-refractivity contribution in [2.24, 2.45) is 5.73 Å². The van der Waals surface area contributed by atoms with Crippen LogP contribution in [0.4, 0.5) is 0 Å². The summed E-state index contributed by atoms with van der Waals surface area (Å²) in [6.07, 6.45) is 0.626. The van der Waals surface area contributed by atoms with Gasteiger partial charge in [-0.2, -0.15) is 0 Å². The van der Waals surface area contributed by atoms with Gasteiger partial charge in [-0.25, -0.2) is 4.79 Å². The molecule has 1 atom stereocenters. The van der Waals surface area contributed by atoms with Gasteiger partial charge in [-0.05, 0) is 24.1 Å². The van der Waals surface area contributed by atoms with Gasteiger partial charge in [-0.3, -0.25) is 5.41 Å². The molecule has 1 heterocycles. The molecule has 1 aromatic carbocycles. The van der Waals surface area contributed by atoms with Crippen LogP contribution in [0.2, 0.25) is 0 Å². The first-order chi connectivity index (χ1) is 7.63. The van der Waals surface area contributed by atoms with Crippen molar-refractivity contribution in [1.29, 1.82) is 5.41 Å². The summed E-state index contributed by atoms with van der Waals surface area (Å²) in [5, 5.41) is 7.38. The summed E-state index contributed by atoms with van der Waals surface area (Å²) < 4.78 is 4.72. The van der Waals surface area contributed by atoms with Gasteiger partial charge in [0.2, 0.25) is 0 Å². The van der Waals surface area contributed by atoms with Crippen molar-refractivity contribution in [3.63, 3.8) is 0 Å². The maximum atomic E-state index is 11.5. The largest absolute Gasteiger partial charge is 0.465 e. The van der Waals surface area contributed by atoms with Crippen LogP contribution in [0.3, 0.4) is 0 Å². The molecule has 1 aliphatic heterocycles. The second-order valence-corrected chi connectivity index (χ2v) is 4.78. The number of fused-ring (bicyclic) bond motifs is 1. The zero-order valence-electron chi connectivity index (χ0n) is 8.82. The van der Waals surface area contributed by atoms with Gasteiger partial charge in [0.25, 0.3) is 0 Å². The Morgan fingerprint density at radius 3 is 3.00 bits per heavy atom. The van der Waals surface area contributed by atoms with Crippen LogP contribution in [0.1, 0.15) is 15.9 Å². The fourth-order valence-corrected chi connectivity index (χ4v) is 2.92. The quantitative estimate of drug-likeness (QED) is 0.462. The number of thioether (sulfide) groups is 1. The van der Waals surface area contributed by atoms with Crippen LogP contribution in [0.5, 0.6) is 0 Å². The molecule has 1 unspecified atom stereocenters. The lowest BCUT2D eigenvalue weighted by atomic mass is 10.0. The Morgan fingerprint density at radius 2 is 2.38 bits per heavy atom. The lowest BCUT2D eigenvalue weighted by molar-refractivity contribution is 0.0599. The Hall–Kier alpha value is -1.49. The normalized spacial score (nSPS) is 17.9. The van der Waals surface area contributed by atoms with Gasteiger partial charge in [0, 0.05) is 4.90 Å². The Bertz CT molecular complexity index is 459. The van der Waals surface area contributed by atoms with Gasteiger partial charge < -0.3 is 10.5 Å². The van der Waals surface area contributed by atoms with E-state index in [1.54, 1.807) is 6.07 Å². The Kier molecular flexibility index (Phi) is 2.87. The molecule has 0 bridgehead atoms. The maximum absolute atomic E-state index is 11.5. The van der Waals surface area contributed by atoms with Crippen molar-refractivity contribution in [3.8, 4) is 0 Å². The van der Waals surface area contributed by atoms with E-state index in [2.05, 4.69) is 0 Å². The minimum atomic E-state index is -0.332. The first-order valence-electron chi connectivity index (χ1n) is 4.84. The molecule has 3 N–H and O–H groups in total. The van der Waals surface area contributed by atoms with Crippen molar-refractivity contribution in [2.75, 3.05) is 7.11 Å². The van der Waals surface area contributed by atoms with Crippen LogP contribution in [0.25, 0.3) is 0 Å². The van der Waals surface area contributed by atoms with E-state index < -0.39 is 0 Å². The SMILES string of the molecule is COC(=O)c1cccc2c1CC(C(=N)N)S2. The number of rotatable bonds is 2. The van der Waals surface area contributed by atoms with Crippen molar-refractivity contribution in [1.82, 2.24) is 0 Å². The molecule has 0 aliphatic carbocycles. The molecule has 0 spiro atoms. The summed E-state index contributed by atoms with van der Waals surface area (Å²) in [5.74, 6) is -0.182. The molecule has 1 aliphatic rings. The molecule has 1 aromatic rings. The molecule has 0 saturated heterocycles. The highest BCUT2D eigenvalue weighted by atomic mass is 32.2. The lowest BCUT2D eigenvalue weighted by Crippen LogP contribution is -2.24. The highest BCUT2D eigenvalue weighted by Crippen LogP contribution is 2.38. The maximum Gasteiger partial charge on any atom is 0.338 e. The molecule has 84 valence electrons. The second-order valence-electron chi connectivity index (χ2n) is 3.54. The molecular formula is C11H12N2O2S. The van der Waals surface area contributed by atoms with Crippen LogP contribution in [-0.2, 0) is 11.2 Å². The van der Waals surface area contributed by atoms with Crippen LogP contribution < -0.4 is 5.73 Å². The molecule has 5 heteroatoms. The molecule has 0 amide bonds. The number of methoxy groups -OCH3 is 1. The number of nitrogens with two attached hydrogens (primary N) is 1. The van der Waals surface area contributed by atoms with Gasteiger partial charge in [0.05, 0.1) is 17.9 Å². The second kappa shape index (κ2) is 4.17. The topological polar surface area (TPSA) is 76.2 Å². The third kappa shape index (κ3) is 1.78. The van der Waals surface area contributed by atoms with Crippen molar-refractivity contribution < 1.29 is 9.53 Å². The monoisotopic (exact) mass is 236 g/mol. The molecular weight excluding hydrogens is 224 g/mol. The van der Waals surface area contributed by atoms with Gasteiger partial charge in [-0.15, -0.1) is 11.8 Å². The van der Waals surface area contributed by atoms with Gasteiger partial charge >= 0.3 is 5.97 Å². The van der Waals surface area contributed by atoms with Crippen LogP contribution in [0, 0.1) is 5.41 Å². The van der Waals surface area contributed by atoms with E-state index in [-0.39, 0.29) is 17.1 Å². The third-order valence-corrected chi connectivity index (χ3v) is 3.89. The van der Waals surface area contributed by atoms with Crippen LogP contribution in [-0.4, -0.2) is 24.2 Å². The highest BCUT2D eigenvalue weighted by Gasteiger charge is 2.28. The minimum absolute atomic E-state index is 0.0548. The molecule has 16 heavy (non-hydrogen) atoms. The summed E-state index contributed by atoms with van der Waals surface area (Å²) in [6, 6.07) is 5.50. The van der Waals surface area contributed by atoms with Gasteiger partial charge in [-0.1, -0.05) is 6.07 Å². The number of benzene rings is 1. The number of hydrogen-bond acceptors (Lipinski definition) is 4. The zero-order valence-corrected chi connectivity index (χ0v) is 9.64. The van der Waals surface area contributed by atoms with Crippen LogP contribution >= 0.6 is 11.8 Å². The molecule has 4 nitrogen and oxygen atoms in total. The Morgan fingerprint density at radius 1 is 1.62 bits per heavy atom. The fourth-order valence-electron chi connectivity index (χ4n) is 1.74. The van der Waals surface area contributed by atoms with E-state index in [1.165, 1.54) is 18.9 Å². The number of amidine groups is 1. The van der Waals surface area contributed by atoms with Gasteiger partial charge in [0.15, 0.2) is 0 Å². The number of hydrogen-bond donors (Lipinski definition) is 2. The van der Waals surface area contributed by atoms with E-state index in [0.29, 0.717) is 12.0 Å². The average molecular weight is 236 g/mol. The van der Waals surface area contributed by atoms with E-state index in [9.17, 15) is 4.79 Å². The molecule has 0 fully saturated rings. The molecule has 0 saturated carbocycles. The summed E-state index contributed by atoms with van der Waals surface area (Å²) in [6.45, 7) is 0. The Balaban J connectivity index is 2.38. The van der Waals surface area contributed by atoms with E-state index in [1.807, 2.05) is 12.1 Å². The third-order valence-electron chi connectivity index (χ3n) is 2.54. The van der Waals surface area contributed by atoms with Crippen molar-refractivity contribution in [2.45, 2.75) is 16.6 Å². The zero-order chi connectivity index (χ0) is 11.7. The predicted octanol–water partition coefficient (Wildman–Crippen LogP) is 1.43. The lowest BCUT2D eigenvalue weighted by Gasteiger charge is -2.05. The van der Waals surface area contributed by atoms with E-state index >= 15 is 0 Å². The van der Waals surface area contributed by atoms with Crippen molar-refractivity contribution in [3.05, 3.63) is 29.3 Å². The number of nitrogens with one attached hydrogen (secondary N) is 1. The van der Waals surface area contributed by atoms with Crippen molar-refractivity contribution >= 4 is 23.6 Å². The first-order valence-corrected chi connectivity index (χ1v) is 5.72. The number of carbonyl (C=O) groups excluding carboxylic acids is 1. The molecule has 0 radical (unpaired) electrons. The summed E-state index contributed by atoms with van der Waals surface area (Å²) in [4.78, 5) is 12.6. The smallest absolute Gasteiger partial charge is 0.338 e. The number of esters is 1. The predicted molar refractivity (Wildman–Crippen MR) is 63.0 cm³/mol. The summed E-state index contributed by atoms with van der Waals surface area (Å²) >= 11 is 1.53. The standard InChI is InChI=1S/C11H12N2O2S/c1-15-11(14)6-3-2-4-8-7(6)5-9(16-8)10(12)13/h2-4,9H,5H2,1H3,(H3,12,13). The minimum Gasteiger partial charge on any atom is -0.465 e. The number of carbonyl (C=O) groups is 1. The summed E-state index contributed by atoms with van der Waals surface area (Å²) in [7, 11) is 1.37.